The van der Waals surface area contributed by atoms with Gasteiger partial charge in [-0.2, -0.15) is 11.8 Å². The summed E-state index contributed by atoms with van der Waals surface area (Å²) in [4.78, 5) is 33.3. The van der Waals surface area contributed by atoms with Crippen molar-refractivity contribution < 1.29 is 19.6 Å². The molecular weight excluding hydrogens is 296 g/mol. The molecule has 0 aliphatic heterocycles. The van der Waals surface area contributed by atoms with Crippen LogP contribution in [0.15, 0.2) is 18.2 Å². The lowest BCUT2D eigenvalue weighted by atomic mass is 10.1. The van der Waals surface area contributed by atoms with Gasteiger partial charge >= 0.3 is 5.97 Å². The molecule has 0 fully saturated rings. The molecule has 8 heteroatoms. The molecule has 0 aliphatic rings. The number of benzene rings is 1. The highest BCUT2D eigenvalue weighted by Crippen LogP contribution is 2.19. The third kappa shape index (κ3) is 4.75. The number of amides is 1. The molecule has 0 saturated carbocycles. The number of carboxylic acids is 1. The van der Waals surface area contributed by atoms with Gasteiger partial charge in [-0.3, -0.25) is 14.9 Å². The van der Waals surface area contributed by atoms with Gasteiger partial charge in [0.25, 0.3) is 11.6 Å². The van der Waals surface area contributed by atoms with Crippen molar-refractivity contribution in [2.24, 2.45) is 0 Å². The van der Waals surface area contributed by atoms with Crippen LogP contribution in [0, 0.1) is 17.0 Å². The number of nitro groups is 1. The number of rotatable bonds is 7. The first-order chi connectivity index (χ1) is 9.86. The second-order valence-electron chi connectivity index (χ2n) is 4.40. The minimum absolute atomic E-state index is 0.0719. The second kappa shape index (κ2) is 7.63. The predicted molar refractivity (Wildman–Crippen MR) is 79.7 cm³/mol. The molecule has 0 radical (unpaired) electrons. The third-order valence-electron chi connectivity index (χ3n) is 2.88. The van der Waals surface area contributed by atoms with Crippen LogP contribution in [-0.4, -0.2) is 40.0 Å². The molecule has 0 aromatic heterocycles. The highest BCUT2D eigenvalue weighted by Gasteiger charge is 2.21. The molecule has 1 amide bonds. The Morgan fingerprint density at radius 3 is 2.67 bits per heavy atom. The van der Waals surface area contributed by atoms with E-state index in [4.69, 9.17) is 5.11 Å². The minimum atomic E-state index is -1.13. The van der Waals surface area contributed by atoms with Crippen molar-refractivity contribution in [3.63, 3.8) is 0 Å². The molecule has 2 N–H and O–H groups in total. The molecule has 21 heavy (non-hydrogen) atoms. The monoisotopic (exact) mass is 312 g/mol. The summed E-state index contributed by atoms with van der Waals surface area (Å²) < 4.78 is 0. The summed E-state index contributed by atoms with van der Waals surface area (Å²) in [5.74, 6) is -1.17. The molecule has 0 saturated heterocycles. The molecule has 0 bridgehead atoms. The Hall–Kier alpha value is -2.09. The number of nitrogens with zero attached hydrogens (tertiary/aromatic N) is 1. The number of thioether (sulfide) groups is 1. The van der Waals surface area contributed by atoms with Crippen molar-refractivity contribution in [3.05, 3.63) is 39.4 Å². The fourth-order valence-electron chi connectivity index (χ4n) is 1.68. The first kappa shape index (κ1) is 17.0. The van der Waals surface area contributed by atoms with E-state index in [-0.39, 0.29) is 17.7 Å². The van der Waals surface area contributed by atoms with Gasteiger partial charge in [0.15, 0.2) is 0 Å². The topological polar surface area (TPSA) is 110 Å². The van der Waals surface area contributed by atoms with Gasteiger partial charge in [-0.1, -0.05) is 6.07 Å². The minimum Gasteiger partial charge on any atom is -0.480 e. The van der Waals surface area contributed by atoms with E-state index in [1.165, 1.54) is 23.9 Å². The van der Waals surface area contributed by atoms with E-state index in [1.54, 1.807) is 6.92 Å². The molecule has 114 valence electrons. The van der Waals surface area contributed by atoms with E-state index in [0.29, 0.717) is 11.3 Å². The summed E-state index contributed by atoms with van der Waals surface area (Å²) >= 11 is 1.47. The second-order valence-corrected chi connectivity index (χ2v) is 5.39. The molecule has 7 nitrogen and oxygen atoms in total. The van der Waals surface area contributed by atoms with Gasteiger partial charge in [-0.15, -0.1) is 0 Å². The van der Waals surface area contributed by atoms with Gasteiger partial charge in [-0.05, 0) is 31.4 Å². The van der Waals surface area contributed by atoms with E-state index in [9.17, 15) is 19.7 Å². The zero-order chi connectivity index (χ0) is 16.0. The van der Waals surface area contributed by atoms with Crippen LogP contribution in [0.5, 0.6) is 0 Å². The Labute approximate surface area is 125 Å². The first-order valence-electron chi connectivity index (χ1n) is 6.14. The number of aliphatic carboxylic acids is 1. The SMILES string of the molecule is CSCC[C@@H](NC(=O)c1ccc(C)c([N+](=O)[O-])c1)C(=O)O. The molecule has 0 spiro atoms. The van der Waals surface area contributed by atoms with Crippen molar-refractivity contribution in [2.75, 3.05) is 12.0 Å². The number of nitrogens with one attached hydrogen (secondary N) is 1. The summed E-state index contributed by atoms with van der Waals surface area (Å²) in [6.07, 6.45) is 2.13. The van der Waals surface area contributed by atoms with Crippen LogP contribution in [0.1, 0.15) is 22.3 Å². The molecule has 1 atom stereocenters. The van der Waals surface area contributed by atoms with E-state index in [2.05, 4.69) is 5.32 Å². The molecular formula is C13H16N2O5S. The Bertz CT molecular complexity index is 561. The van der Waals surface area contributed by atoms with E-state index in [1.807, 2.05) is 6.26 Å². The van der Waals surface area contributed by atoms with Crippen LogP contribution < -0.4 is 5.32 Å². The number of aryl methyl sites for hydroxylation is 1. The van der Waals surface area contributed by atoms with Crippen molar-refractivity contribution >= 4 is 29.3 Å². The highest BCUT2D eigenvalue weighted by molar-refractivity contribution is 7.98. The maximum atomic E-state index is 12.0. The summed E-state index contributed by atoms with van der Waals surface area (Å²) in [6.45, 7) is 1.57. The van der Waals surface area contributed by atoms with Crippen LogP contribution in [0.4, 0.5) is 5.69 Å². The van der Waals surface area contributed by atoms with Gasteiger partial charge in [0.1, 0.15) is 6.04 Å². The largest absolute Gasteiger partial charge is 0.480 e. The van der Waals surface area contributed by atoms with Crippen LogP contribution >= 0.6 is 11.8 Å². The summed E-state index contributed by atoms with van der Waals surface area (Å²) in [5.41, 5.74) is 0.343. The average molecular weight is 312 g/mol. The number of carboxylic acid groups (broad SMARTS) is 1. The number of hydrogen-bond donors (Lipinski definition) is 2. The maximum absolute atomic E-state index is 12.0. The van der Waals surface area contributed by atoms with E-state index >= 15 is 0 Å². The highest BCUT2D eigenvalue weighted by atomic mass is 32.2. The van der Waals surface area contributed by atoms with Crippen molar-refractivity contribution in [1.29, 1.82) is 0 Å². The molecule has 1 aromatic rings. The lowest BCUT2D eigenvalue weighted by Crippen LogP contribution is -2.41. The maximum Gasteiger partial charge on any atom is 0.326 e. The van der Waals surface area contributed by atoms with Gasteiger partial charge in [0.2, 0.25) is 0 Å². The number of carbonyl (C=O) groups excluding carboxylic acids is 1. The van der Waals surface area contributed by atoms with Crippen LogP contribution in [0.3, 0.4) is 0 Å². The zero-order valence-corrected chi connectivity index (χ0v) is 12.5. The Morgan fingerprint density at radius 1 is 1.48 bits per heavy atom. The van der Waals surface area contributed by atoms with Crippen molar-refractivity contribution in [3.8, 4) is 0 Å². The third-order valence-corrected chi connectivity index (χ3v) is 3.53. The number of carbonyl (C=O) groups is 2. The predicted octanol–water partition coefficient (Wildman–Crippen LogP) is 1.84. The van der Waals surface area contributed by atoms with Crippen molar-refractivity contribution in [2.45, 2.75) is 19.4 Å². The summed E-state index contributed by atoms with van der Waals surface area (Å²) in [7, 11) is 0. The Balaban J connectivity index is 2.90. The van der Waals surface area contributed by atoms with Crippen LogP contribution in [0.25, 0.3) is 0 Å². The van der Waals surface area contributed by atoms with Crippen LogP contribution in [0.2, 0.25) is 0 Å². The van der Waals surface area contributed by atoms with Crippen LogP contribution in [-0.2, 0) is 4.79 Å². The number of nitro benzene ring substituents is 1. The summed E-state index contributed by atoms with van der Waals surface area (Å²) in [6, 6.07) is 3.04. The number of hydrogen-bond acceptors (Lipinski definition) is 5. The van der Waals surface area contributed by atoms with E-state index < -0.39 is 22.8 Å². The van der Waals surface area contributed by atoms with Gasteiger partial charge in [-0.25, -0.2) is 4.79 Å². The van der Waals surface area contributed by atoms with Crippen molar-refractivity contribution in [1.82, 2.24) is 5.32 Å². The first-order valence-corrected chi connectivity index (χ1v) is 7.54. The fourth-order valence-corrected chi connectivity index (χ4v) is 2.15. The lowest BCUT2D eigenvalue weighted by Gasteiger charge is -2.14. The summed E-state index contributed by atoms with van der Waals surface area (Å²) in [5, 5.41) is 22.3. The Morgan fingerprint density at radius 2 is 2.14 bits per heavy atom. The fraction of sp³-hybridized carbons (Fsp3) is 0.385. The Kier molecular flexibility index (Phi) is 6.16. The smallest absolute Gasteiger partial charge is 0.326 e. The zero-order valence-electron chi connectivity index (χ0n) is 11.7. The molecule has 1 rings (SSSR count). The molecule has 1 aromatic carbocycles. The molecule has 0 heterocycles. The standard InChI is InChI=1S/C13H16N2O5S/c1-8-3-4-9(7-11(8)15(19)20)12(16)14-10(13(17)18)5-6-21-2/h3-4,7,10H,5-6H2,1-2H3,(H,14,16)(H,17,18)/t10-/m1/s1. The lowest BCUT2D eigenvalue weighted by molar-refractivity contribution is -0.385. The normalized spacial score (nSPS) is 11.7. The van der Waals surface area contributed by atoms with Gasteiger partial charge in [0.05, 0.1) is 4.92 Å². The van der Waals surface area contributed by atoms with E-state index in [0.717, 1.165) is 6.07 Å². The molecule has 0 aliphatic carbocycles. The van der Waals surface area contributed by atoms with Gasteiger partial charge in [0, 0.05) is 17.2 Å². The quantitative estimate of drug-likeness (QED) is 0.587. The van der Waals surface area contributed by atoms with Gasteiger partial charge < -0.3 is 10.4 Å². The molecule has 0 unspecified atom stereocenters. The average Bonchev–Trinajstić information content (AvgIpc) is 2.42.